The van der Waals surface area contributed by atoms with Crippen molar-refractivity contribution in [1.29, 1.82) is 0 Å². The van der Waals surface area contributed by atoms with E-state index in [2.05, 4.69) is 9.98 Å². The van der Waals surface area contributed by atoms with Gasteiger partial charge in [0.15, 0.2) is 5.82 Å². The van der Waals surface area contributed by atoms with E-state index in [1.54, 1.807) is 37.7 Å². The van der Waals surface area contributed by atoms with Gasteiger partial charge in [-0.15, -0.1) is 0 Å². The number of aromatic nitrogens is 1. The van der Waals surface area contributed by atoms with Crippen LogP contribution in [0.3, 0.4) is 0 Å². The summed E-state index contributed by atoms with van der Waals surface area (Å²) in [6, 6.07) is 8.85. The summed E-state index contributed by atoms with van der Waals surface area (Å²) < 4.78 is 5.22. The number of aliphatic imine (C=N–C) groups is 1. The van der Waals surface area contributed by atoms with Crippen molar-refractivity contribution in [3.63, 3.8) is 0 Å². The second kappa shape index (κ2) is 5.85. The molecule has 0 saturated carbocycles. The van der Waals surface area contributed by atoms with Crippen LogP contribution in [0.15, 0.2) is 41.5 Å². The Morgan fingerprint density at radius 1 is 1.28 bits per heavy atom. The lowest BCUT2D eigenvalue weighted by molar-refractivity contribution is 0.414. The molecule has 1 aromatic heterocycles. The number of methoxy groups -OCH3 is 1. The van der Waals surface area contributed by atoms with Crippen LogP contribution < -0.4 is 4.74 Å². The lowest BCUT2D eigenvalue weighted by Gasteiger charge is -2.07. The molecule has 3 nitrogen and oxygen atoms in total. The van der Waals surface area contributed by atoms with Crippen LogP contribution in [0.4, 0.5) is 5.82 Å². The summed E-state index contributed by atoms with van der Waals surface area (Å²) in [5, 5.41) is 0.982. The Kier molecular flexibility index (Phi) is 4.18. The van der Waals surface area contributed by atoms with Crippen LogP contribution in [0.1, 0.15) is 5.56 Å². The Balaban J connectivity index is 2.37. The van der Waals surface area contributed by atoms with Crippen LogP contribution in [-0.2, 0) is 0 Å². The van der Waals surface area contributed by atoms with Gasteiger partial charge in [-0.25, -0.2) is 9.98 Å². The third-order valence-electron chi connectivity index (χ3n) is 2.23. The molecule has 0 saturated heterocycles. The van der Waals surface area contributed by atoms with Crippen molar-refractivity contribution < 1.29 is 4.74 Å². The van der Waals surface area contributed by atoms with Gasteiger partial charge in [-0.1, -0.05) is 29.3 Å². The molecule has 0 aliphatic heterocycles. The highest BCUT2D eigenvalue weighted by Crippen LogP contribution is 2.31. The molecule has 0 aliphatic rings. The summed E-state index contributed by atoms with van der Waals surface area (Å²) >= 11 is 12.0. The van der Waals surface area contributed by atoms with E-state index in [9.17, 15) is 0 Å². The van der Waals surface area contributed by atoms with Gasteiger partial charge < -0.3 is 4.74 Å². The fourth-order valence-corrected chi connectivity index (χ4v) is 2.04. The molecule has 0 amide bonds. The minimum absolute atomic E-state index is 0.451. The SMILES string of the molecule is COc1c(Cl)cc(Cl)cc1/C=N/c1ccccn1. The van der Waals surface area contributed by atoms with E-state index in [1.807, 2.05) is 12.1 Å². The van der Waals surface area contributed by atoms with Gasteiger partial charge in [0.1, 0.15) is 5.75 Å². The van der Waals surface area contributed by atoms with Gasteiger partial charge >= 0.3 is 0 Å². The highest BCUT2D eigenvalue weighted by atomic mass is 35.5. The first-order chi connectivity index (χ1) is 8.70. The molecule has 5 heteroatoms. The number of benzene rings is 1. The first kappa shape index (κ1) is 12.9. The summed E-state index contributed by atoms with van der Waals surface area (Å²) in [6.45, 7) is 0. The molecule has 1 aromatic carbocycles. The molecule has 0 fully saturated rings. The van der Waals surface area contributed by atoms with Crippen LogP contribution in [0.5, 0.6) is 5.75 Å². The topological polar surface area (TPSA) is 34.5 Å². The fourth-order valence-electron chi connectivity index (χ4n) is 1.46. The van der Waals surface area contributed by atoms with E-state index in [-0.39, 0.29) is 0 Å². The minimum Gasteiger partial charge on any atom is -0.495 e. The summed E-state index contributed by atoms with van der Waals surface area (Å²) in [7, 11) is 1.55. The van der Waals surface area contributed by atoms with Crippen molar-refractivity contribution >= 4 is 35.2 Å². The normalized spacial score (nSPS) is 10.8. The summed E-state index contributed by atoms with van der Waals surface area (Å²) in [5.74, 6) is 1.15. The maximum Gasteiger partial charge on any atom is 0.151 e. The molecule has 0 bridgehead atoms. The van der Waals surface area contributed by atoms with Gasteiger partial charge in [-0.05, 0) is 24.3 Å². The van der Waals surface area contributed by atoms with Crippen molar-refractivity contribution in [2.45, 2.75) is 0 Å². The molecule has 2 aromatic rings. The van der Waals surface area contributed by atoms with E-state index < -0.39 is 0 Å². The number of hydrogen-bond acceptors (Lipinski definition) is 3. The average molecular weight is 281 g/mol. The number of halogens is 2. The van der Waals surface area contributed by atoms with E-state index in [0.717, 1.165) is 0 Å². The summed E-state index contributed by atoms with van der Waals surface area (Å²) in [4.78, 5) is 8.32. The van der Waals surface area contributed by atoms with E-state index in [0.29, 0.717) is 27.2 Å². The molecule has 0 radical (unpaired) electrons. The van der Waals surface area contributed by atoms with Gasteiger partial charge in [0.25, 0.3) is 0 Å². The molecule has 0 atom stereocenters. The molecule has 0 aliphatic carbocycles. The molecule has 0 N–H and O–H groups in total. The van der Waals surface area contributed by atoms with Crippen molar-refractivity contribution in [3.05, 3.63) is 52.1 Å². The maximum absolute atomic E-state index is 6.03. The molecular formula is C13H10Cl2N2O. The van der Waals surface area contributed by atoms with Crippen LogP contribution in [0.2, 0.25) is 10.0 Å². The Hall–Kier alpha value is -1.58. The molecule has 1 heterocycles. The molecule has 18 heavy (non-hydrogen) atoms. The van der Waals surface area contributed by atoms with Crippen LogP contribution in [0.25, 0.3) is 0 Å². The maximum atomic E-state index is 6.03. The Bertz CT molecular complexity index is 571. The van der Waals surface area contributed by atoms with Gasteiger partial charge in [0.2, 0.25) is 0 Å². The molecule has 0 unspecified atom stereocenters. The Morgan fingerprint density at radius 3 is 2.78 bits per heavy atom. The van der Waals surface area contributed by atoms with Gasteiger partial charge in [-0.3, -0.25) is 0 Å². The number of pyridine rings is 1. The first-order valence-electron chi connectivity index (χ1n) is 5.19. The number of nitrogens with zero attached hydrogens (tertiary/aromatic N) is 2. The third-order valence-corrected chi connectivity index (χ3v) is 2.73. The Morgan fingerprint density at radius 2 is 2.11 bits per heavy atom. The lowest BCUT2D eigenvalue weighted by Crippen LogP contribution is -1.92. The quantitative estimate of drug-likeness (QED) is 0.792. The smallest absolute Gasteiger partial charge is 0.151 e. The van der Waals surface area contributed by atoms with Crippen molar-refractivity contribution in [3.8, 4) is 5.75 Å². The standard InChI is InChI=1S/C13H10Cl2N2O/c1-18-13-9(6-10(14)7-11(13)15)8-17-12-4-2-3-5-16-12/h2-8H,1H3/b17-8+. The Labute approximate surface area is 115 Å². The fraction of sp³-hybridized carbons (Fsp3) is 0.0769. The van der Waals surface area contributed by atoms with Gasteiger partial charge in [0, 0.05) is 23.0 Å². The second-order valence-electron chi connectivity index (χ2n) is 3.46. The zero-order valence-electron chi connectivity index (χ0n) is 9.60. The summed E-state index contributed by atoms with van der Waals surface area (Å²) in [6.07, 6.45) is 3.30. The zero-order valence-corrected chi connectivity index (χ0v) is 11.1. The van der Waals surface area contributed by atoms with Crippen molar-refractivity contribution in [2.75, 3.05) is 7.11 Å². The van der Waals surface area contributed by atoms with E-state index >= 15 is 0 Å². The zero-order chi connectivity index (χ0) is 13.0. The molecule has 92 valence electrons. The monoisotopic (exact) mass is 280 g/mol. The predicted octanol–water partition coefficient (Wildman–Crippen LogP) is 4.15. The molecule has 0 spiro atoms. The largest absolute Gasteiger partial charge is 0.495 e. The molecular weight excluding hydrogens is 271 g/mol. The number of rotatable bonds is 3. The van der Waals surface area contributed by atoms with Crippen molar-refractivity contribution in [1.82, 2.24) is 4.98 Å². The number of hydrogen-bond donors (Lipinski definition) is 0. The minimum atomic E-state index is 0.451. The average Bonchev–Trinajstić information content (AvgIpc) is 2.37. The first-order valence-corrected chi connectivity index (χ1v) is 5.94. The predicted molar refractivity (Wildman–Crippen MR) is 74.5 cm³/mol. The highest BCUT2D eigenvalue weighted by Gasteiger charge is 2.07. The lowest BCUT2D eigenvalue weighted by atomic mass is 10.2. The van der Waals surface area contributed by atoms with Crippen LogP contribution in [-0.4, -0.2) is 18.3 Å². The van der Waals surface area contributed by atoms with E-state index in [1.165, 1.54) is 0 Å². The third kappa shape index (κ3) is 3.00. The highest BCUT2D eigenvalue weighted by molar-refractivity contribution is 6.36. The second-order valence-corrected chi connectivity index (χ2v) is 4.30. The van der Waals surface area contributed by atoms with Crippen LogP contribution >= 0.6 is 23.2 Å². The number of ether oxygens (including phenoxy) is 1. The van der Waals surface area contributed by atoms with Crippen LogP contribution in [0, 0.1) is 0 Å². The van der Waals surface area contributed by atoms with Crippen molar-refractivity contribution in [2.24, 2.45) is 4.99 Å². The van der Waals surface area contributed by atoms with Gasteiger partial charge in [-0.2, -0.15) is 0 Å². The van der Waals surface area contributed by atoms with Gasteiger partial charge in [0.05, 0.1) is 12.1 Å². The van der Waals surface area contributed by atoms with E-state index in [4.69, 9.17) is 27.9 Å². The molecule has 2 rings (SSSR count). The summed E-state index contributed by atoms with van der Waals surface area (Å²) in [5.41, 5.74) is 0.709.